The maximum absolute atomic E-state index is 13.3. The molecule has 0 saturated carbocycles. The van der Waals surface area contributed by atoms with Crippen LogP contribution in [0, 0.1) is 5.82 Å². The van der Waals surface area contributed by atoms with Gasteiger partial charge in [-0.25, -0.2) is 4.39 Å². The number of amides is 1. The third-order valence-electron chi connectivity index (χ3n) is 4.97. The molecule has 2 heterocycles. The fourth-order valence-corrected chi connectivity index (χ4v) is 3.64. The number of aromatic amines is 1. The molecule has 0 radical (unpaired) electrons. The maximum Gasteiger partial charge on any atom is 0.220 e. The van der Waals surface area contributed by atoms with E-state index in [2.05, 4.69) is 21.7 Å². The predicted octanol–water partition coefficient (Wildman–Crippen LogP) is 3.38. The van der Waals surface area contributed by atoms with Crippen LogP contribution in [-0.2, 0) is 11.2 Å². The average Bonchev–Trinajstić information content (AvgIpc) is 3.28. The topological polar surface area (TPSA) is 56.9 Å². The molecule has 1 unspecified atom stereocenters. The number of fused-ring (bicyclic) bond motifs is 1. The van der Waals surface area contributed by atoms with E-state index >= 15 is 0 Å². The second-order valence-electron chi connectivity index (χ2n) is 6.79. The minimum atomic E-state index is -0.254. The Morgan fingerprint density at radius 1 is 1.15 bits per heavy atom. The molecule has 0 bridgehead atoms. The number of rotatable bonds is 5. The molecule has 5 heteroatoms. The van der Waals surface area contributed by atoms with Crippen LogP contribution in [0.1, 0.15) is 18.4 Å². The first-order chi connectivity index (χ1) is 12.7. The van der Waals surface area contributed by atoms with E-state index in [-0.39, 0.29) is 17.8 Å². The van der Waals surface area contributed by atoms with Gasteiger partial charge in [-0.15, -0.1) is 0 Å². The Hall–Kier alpha value is -2.66. The average molecular weight is 351 g/mol. The van der Waals surface area contributed by atoms with E-state index in [0.29, 0.717) is 12.8 Å². The molecule has 4 nitrogen and oxygen atoms in total. The third-order valence-corrected chi connectivity index (χ3v) is 4.97. The molecule has 1 amide bonds. The Bertz CT molecular complexity index is 911. The predicted molar refractivity (Wildman–Crippen MR) is 101 cm³/mol. The smallest absolute Gasteiger partial charge is 0.220 e. The summed E-state index contributed by atoms with van der Waals surface area (Å²) in [4.78, 5) is 15.8. The van der Waals surface area contributed by atoms with E-state index in [1.165, 1.54) is 12.1 Å². The number of para-hydroxylation sites is 1. The summed E-state index contributed by atoms with van der Waals surface area (Å²) in [6.07, 6.45) is 2.06. The fourth-order valence-electron chi connectivity index (χ4n) is 3.64. The summed E-state index contributed by atoms with van der Waals surface area (Å²) >= 11 is 0. The summed E-state index contributed by atoms with van der Waals surface area (Å²) in [6, 6.07) is 14.8. The van der Waals surface area contributed by atoms with Gasteiger partial charge >= 0.3 is 0 Å². The number of carbonyl (C=O) groups is 1. The minimum absolute atomic E-state index is 0.0778. The van der Waals surface area contributed by atoms with Gasteiger partial charge in [-0.05, 0) is 60.8 Å². The molecule has 1 aliphatic rings. The van der Waals surface area contributed by atoms with Crippen molar-refractivity contribution in [3.05, 3.63) is 59.9 Å². The molecule has 4 rings (SSSR count). The minimum Gasteiger partial charge on any atom is -0.354 e. The Kier molecular flexibility index (Phi) is 4.71. The molecule has 3 aromatic rings. The van der Waals surface area contributed by atoms with Crippen LogP contribution in [0.3, 0.4) is 0 Å². The lowest BCUT2D eigenvalue weighted by Crippen LogP contribution is -2.36. The number of benzene rings is 2. The zero-order valence-corrected chi connectivity index (χ0v) is 14.5. The van der Waals surface area contributed by atoms with E-state index < -0.39 is 0 Å². The Labute approximate surface area is 151 Å². The van der Waals surface area contributed by atoms with Gasteiger partial charge in [-0.3, -0.25) is 4.79 Å². The number of nitrogens with one attached hydrogen (secondary N) is 3. The normalized spacial score (nSPS) is 16.9. The van der Waals surface area contributed by atoms with Crippen LogP contribution >= 0.6 is 0 Å². The second-order valence-corrected chi connectivity index (χ2v) is 6.79. The van der Waals surface area contributed by atoms with Gasteiger partial charge in [-0.1, -0.05) is 18.2 Å². The first-order valence-corrected chi connectivity index (χ1v) is 9.06. The molecule has 1 aromatic heterocycles. The van der Waals surface area contributed by atoms with E-state index in [1.807, 2.05) is 18.2 Å². The summed E-state index contributed by atoms with van der Waals surface area (Å²) in [5.41, 5.74) is 4.02. The van der Waals surface area contributed by atoms with Crippen molar-refractivity contribution in [1.82, 2.24) is 15.6 Å². The monoisotopic (exact) mass is 351 g/mol. The van der Waals surface area contributed by atoms with Crippen LogP contribution in [-0.4, -0.2) is 30.0 Å². The lowest BCUT2D eigenvalue weighted by atomic mass is 10.0. The summed E-state index contributed by atoms with van der Waals surface area (Å²) in [6.45, 7) is 1.81. The van der Waals surface area contributed by atoms with Crippen molar-refractivity contribution >= 4 is 16.8 Å². The number of H-pyrrole nitrogens is 1. The quantitative estimate of drug-likeness (QED) is 0.660. The molecule has 134 valence electrons. The summed E-state index contributed by atoms with van der Waals surface area (Å²) in [7, 11) is 0. The Morgan fingerprint density at radius 2 is 1.96 bits per heavy atom. The van der Waals surface area contributed by atoms with Crippen LogP contribution in [0.25, 0.3) is 22.2 Å². The Balaban J connectivity index is 1.59. The third kappa shape index (κ3) is 3.48. The van der Waals surface area contributed by atoms with E-state index in [0.717, 1.165) is 47.2 Å². The van der Waals surface area contributed by atoms with Crippen molar-refractivity contribution in [3.8, 4) is 11.3 Å². The van der Waals surface area contributed by atoms with Crippen LogP contribution in [0.15, 0.2) is 48.5 Å². The zero-order chi connectivity index (χ0) is 17.9. The molecule has 0 spiro atoms. The number of hydrogen-bond acceptors (Lipinski definition) is 2. The molecule has 1 atom stereocenters. The number of carbonyl (C=O) groups excluding carboxylic acids is 1. The molecule has 1 fully saturated rings. The summed E-state index contributed by atoms with van der Waals surface area (Å²) in [5, 5.41) is 7.46. The van der Waals surface area contributed by atoms with Crippen molar-refractivity contribution in [2.45, 2.75) is 25.3 Å². The number of hydrogen-bond donors (Lipinski definition) is 3. The molecular weight excluding hydrogens is 329 g/mol. The highest BCUT2D eigenvalue weighted by atomic mass is 19.1. The van der Waals surface area contributed by atoms with Crippen molar-refractivity contribution < 1.29 is 9.18 Å². The SMILES string of the molecule is O=C(CCc1c(-c2ccc(F)cc2)[nH]c2ccccc12)NC1CCNC1. The van der Waals surface area contributed by atoms with Gasteiger partial charge in [0.15, 0.2) is 0 Å². The lowest BCUT2D eigenvalue weighted by Gasteiger charge is -2.11. The van der Waals surface area contributed by atoms with Crippen molar-refractivity contribution in [2.75, 3.05) is 13.1 Å². The molecule has 0 aliphatic carbocycles. The Morgan fingerprint density at radius 3 is 2.73 bits per heavy atom. The van der Waals surface area contributed by atoms with Crippen molar-refractivity contribution in [1.29, 1.82) is 0 Å². The first-order valence-electron chi connectivity index (χ1n) is 9.06. The molecule has 3 N–H and O–H groups in total. The zero-order valence-electron chi connectivity index (χ0n) is 14.5. The second kappa shape index (κ2) is 7.30. The highest BCUT2D eigenvalue weighted by Gasteiger charge is 2.18. The van der Waals surface area contributed by atoms with E-state index in [4.69, 9.17) is 0 Å². The highest BCUT2D eigenvalue weighted by Crippen LogP contribution is 2.31. The van der Waals surface area contributed by atoms with E-state index in [9.17, 15) is 9.18 Å². The molecule has 1 aliphatic heterocycles. The van der Waals surface area contributed by atoms with Gasteiger partial charge in [0, 0.05) is 35.6 Å². The van der Waals surface area contributed by atoms with Crippen molar-refractivity contribution in [2.24, 2.45) is 0 Å². The lowest BCUT2D eigenvalue weighted by molar-refractivity contribution is -0.121. The number of halogens is 1. The van der Waals surface area contributed by atoms with Gasteiger partial charge < -0.3 is 15.6 Å². The van der Waals surface area contributed by atoms with Crippen LogP contribution in [0.4, 0.5) is 4.39 Å². The van der Waals surface area contributed by atoms with Gasteiger partial charge in [-0.2, -0.15) is 0 Å². The van der Waals surface area contributed by atoms with Gasteiger partial charge in [0.05, 0.1) is 0 Å². The van der Waals surface area contributed by atoms with Crippen LogP contribution in [0.2, 0.25) is 0 Å². The van der Waals surface area contributed by atoms with E-state index in [1.54, 1.807) is 12.1 Å². The van der Waals surface area contributed by atoms with Crippen LogP contribution < -0.4 is 10.6 Å². The van der Waals surface area contributed by atoms with Gasteiger partial charge in [0.1, 0.15) is 5.82 Å². The van der Waals surface area contributed by atoms with Crippen molar-refractivity contribution in [3.63, 3.8) is 0 Å². The maximum atomic E-state index is 13.3. The first kappa shape index (κ1) is 16.8. The molecule has 1 saturated heterocycles. The van der Waals surface area contributed by atoms with Crippen LogP contribution in [0.5, 0.6) is 0 Å². The highest BCUT2D eigenvalue weighted by molar-refractivity contribution is 5.91. The standard InChI is InChI=1S/C21H22FN3O/c22-15-7-5-14(6-8-15)21-18(17-3-1-2-4-19(17)25-21)9-10-20(26)24-16-11-12-23-13-16/h1-8,16,23,25H,9-13H2,(H,24,26). The molecule has 2 aromatic carbocycles. The summed E-state index contributed by atoms with van der Waals surface area (Å²) < 4.78 is 13.3. The fraction of sp³-hybridized carbons (Fsp3) is 0.286. The van der Waals surface area contributed by atoms with Gasteiger partial charge in [0.25, 0.3) is 0 Å². The molecular formula is C21H22FN3O. The largest absolute Gasteiger partial charge is 0.354 e. The molecule has 26 heavy (non-hydrogen) atoms. The van der Waals surface area contributed by atoms with Gasteiger partial charge in [0.2, 0.25) is 5.91 Å². The number of aromatic nitrogens is 1. The number of aryl methyl sites for hydroxylation is 1. The summed E-state index contributed by atoms with van der Waals surface area (Å²) in [5.74, 6) is -0.176.